The highest BCUT2D eigenvalue weighted by molar-refractivity contribution is 5.93. The molecule has 0 aliphatic heterocycles. The van der Waals surface area contributed by atoms with E-state index in [0.29, 0.717) is 17.9 Å². The number of hydrogen-bond donors (Lipinski definition) is 3. The minimum Gasteiger partial charge on any atom is -0.494 e. The molecule has 0 saturated heterocycles. The summed E-state index contributed by atoms with van der Waals surface area (Å²) in [6.07, 6.45) is 0. The van der Waals surface area contributed by atoms with Crippen molar-refractivity contribution >= 4 is 17.6 Å². The predicted octanol–water partition coefficient (Wildman–Crippen LogP) is 2.81. The van der Waals surface area contributed by atoms with Gasteiger partial charge in [-0.15, -0.1) is 0 Å². The number of benzene rings is 2. The van der Waals surface area contributed by atoms with Crippen LogP contribution in [0.3, 0.4) is 0 Å². The van der Waals surface area contributed by atoms with Gasteiger partial charge in [0.15, 0.2) is 0 Å². The SMILES string of the molecule is CCOc1cc(NC(=O)NCc2cccc(C(N)=O)c2)ccc1C. The summed E-state index contributed by atoms with van der Waals surface area (Å²) in [6.45, 7) is 4.71. The fourth-order valence-corrected chi connectivity index (χ4v) is 2.18. The van der Waals surface area contributed by atoms with Crippen LogP contribution in [-0.2, 0) is 6.54 Å². The average molecular weight is 327 g/mol. The average Bonchev–Trinajstić information content (AvgIpc) is 2.56. The van der Waals surface area contributed by atoms with E-state index >= 15 is 0 Å². The van der Waals surface area contributed by atoms with Crippen LogP contribution in [0.25, 0.3) is 0 Å². The zero-order valence-electron chi connectivity index (χ0n) is 13.8. The molecule has 4 N–H and O–H groups in total. The molecule has 2 aromatic rings. The highest BCUT2D eigenvalue weighted by Crippen LogP contribution is 2.22. The predicted molar refractivity (Wildman–Crippen MR) is 93.2 cm³/mol. The summed E-state index contributed by atoms with van der Waals surface area (Å²) in [4.78, 5) is 23.2. The maximum atomic E-state index is 12.0. The van der Waals surface area contributed by atoms with E-state index in [2.05, 4.69) is 10.6 Å². The Labute approximate surface area is 141 Å². The number of aryl methyl sites for hydroxylation is 1. The zero-order valence-corrected chi connectivity index (χ0v) is 13.8. The van der Waals surface area contributed by atoms with Crippen LogP contribution >= 0.6 is 0 Å². The van der Waals surface area contributed by atoms with Crippen molar-refractivity contribution in [2.24, 2.45) is 5.73 Å². The normalized spacial score (nSPS) is 10.1. The van der Waals surface area contributed by atoms with Gasteiger partial charge in [0.2, 0.25) is 5.91 Å². The Morgan fingerprint density at radius 3 is 2.67 bits per heavy atom. The van der Waals surface area contributed by atoms with Crippen LogP contribution in [-0.4, -0.2) is 18.5 Å². The molecule has 0 saturated carbocycles. The van der Waals surface area contributed by atoms with Gasteiger partial charge < -0.3 is 21.1 Å². The third-order valence-electron chi connectivity index (χ3n) is 3.41. The van der Waals surface area contributed by atoms with Crippen LogP contribution in [0.15, 0.2) is 42.5 Å². The number of primary amides is 1. The first kappa shape index (κ1) is 17.3. The Balaban J connectivity index is 1.95. The van der Waals surface area contributed by atoms with E-state index < -0.39 is 5.91 Å². The smallest absolute Gasteiger partial charge is 0.319 e. The fraction of sp³-hybridized carbons (Fsp3) is 0.222. The van der Waals surface area contributed by atoms with Crippen molar-refractivity contribution in [3.05, 3.63) is 59.2 Å². The minimum atomic E-state index is -0.496. The van der Waals surface area contributed by atoms with Crippen LogP contribution < -0.4 is 21.1 Å². The Hall–Kier alpha value is -3.02. The second-order valence-corrected chi connectivity index (χ2v) is 5.29. The molecule has 2 aromatic carbocycles. The van der Waals surface area contributed by atoms with Gasteiger partial charge in [0.05, 0.1) is 6.61 Å². The summed E-state index contributed by atoms with van der Waals surface area (Å²) in [6, 6.07) is 12.0. The lowest BCUT2D eigenvalue weighted by Gasteiger charge is -2.11. The van der Waals surface area contributed by atoms with Crippen molar-refractivity contribution in [3.63, 3.8) is 0 Å². The van der Waals surface area contributed by atoms with E-state index in [0.717, 1.165) is 16.9 Å². The molecule has 6 heteroatoms. The van der Waals surface area contributed by atoms with Gasteiger partial charge in [0, 0.05) is 23.9 Å². The molecule has 3 amide bonds. The summed E-state index contributed by atoms with van der Waals surface area (Å²) in [5, 5.41) is 5.49. The molecular weight excluding hydrogens is 306 g/mol. The number of amides is 3. The first-order valence-corrected chi connectivity index (χ1v) is 7.66. The molecule has 0 aliphatic carbocycles. The van der Waals surface area contributed by atoms with E-state index in [1.165, 1.54) is 0 Å². The van der Waals surface area contributed by atoms with E-state index in [9.17, 15) is 9.59 Å². The molecule has 0 aliphatic rings. The molecule has 126 valence electrons. The lowest BCUT2D eigenvalue weighted by molar-refractivity contribution is 0.1000. The first-order valence-electron chi connectivity index (χ1n) is 7.66. The maximum Gasteiger partial charge on any atom is 0.319 e. The lowest BCUT2D eigenvalue weighted by atomic mass is 10.1. The van der Waals surface area contributed by atoms with Gasteiger partial charge >= 0.3 is 6.03 Å². The van der Waals surface area contributed by atoms with Crippen LogP contribution in [0.1, 0.15) is 28.4 Å². The molecule has 0 heterocycles. The molecule has 2 rings (SSSR count). The molecule has 0 fully saturated rings. The second kappa shape index (κ2) is 8.01. The van der Waals surface area contributed by atoms with Crippen LogP contribution in [0.5, 0.6) is 5.75 Å². The number of hydrogen-bond acceptors (Lipinski definition) is 3. The largest absolute Gasteiger partial charge is 0.494 e. The summed E-state index contributed by atoms with van der Waals surface area (Å²) in [5.41, 5.74) is 8.10. The molecule has 0 aromatic heterocycles. The van der Waals surface area contributed by atoms with E-state index in [-0.39, 0.29) is 12.6 Å². The number of carbonyl (C=O) groups is 2. The van der Waals surface area contributed by atoms with Gasteiger partial charge in [0.25, 0.3) is 0 Å². The molecule has 0 spiro atoms. The third-order valence-corrected chi connectivity index (χ3v) is 3.41. The van der Waals surface area contributed by atoms with Gasteiger partial charge in [-0.05, 0) is 43.2 Å². The van der Waals surface area contributed by atoms with Gasteiger partial charge in [0.1, 0.15) is 5.75 Å². The summed E-state index contributed by atoms with van der Waals surface area (Å²) in [5.74, 6) is 0.244. The summed E-state index contributed by atoms with van der Waals surface area (Å²) in [7, 11) is 0. The molecule has 24 heavy (non-hydrogen) atoms. The van der Waals surface area contributed by atoms with E-state index in [1.807, 2.05) is 32.0 Å². The van der Waals surface area contributed by atoms with Crippen molar-refractivity contribution in [2.75, 3.05) is 11.9 Å². The minimum absolute atomic E-state index is 0.289. The number of ether oxygens (including phenoxy) is 1. The molecule has 0 radical (unpaired) electrons. The fourth-order valence-electron chi connectivity index (χ4n) is 2.18. The first-order chi connectivity index (χ1) is 11.5. The Kier molecular flexibility index (Phi) is 5.78. The van der Waals surface area contributed by atoms with Crippen molar-refractivity contribution in [1.29, 1.82) is 0 Å². The number of nitrogens with two attached hydrogens (primary N) is 1. The van der Waals surface area contributed by atoms with Crippen molar-refractivity contribution in [1.82, 2.24) is 5.32 Å². The van der Waals surface area contributed by atoms with Crippen molar-refractivity contribution < 1.29 is 14.3 Å². The number of rotatable bonds is 6. The molecule has 0 atom stereocenters. The molecule has 0 unspecified atom stereocenters. The Morgan fingerprint density at radius 1 is 1.17 bits per heavy atom. The summed E-state index contributed by atoms with van der Waals surface area (Å²) < 4.78 is 5.51. The molecule has 0 bridgehead atoms. The Morgan fingerprint density at radius 2 is 1.96 bits per heavy atom. The highest BCUT2D eigenvalue weighted by atomic mass is 16.5. The third kappa shape index (κ3) is 4.74. The standard InChI is InChI=1S/C18H21N3O3/c1-3-24-16-10-15(8-7-12(16)2)21-18(23)20-11-13-5-4-6-14(9-13)17(19)22/h4-10H,3,11H2,1-2H3,(H2,19,22)(H2,20,21,23). The summed E-state index contributed by atoms with van der Waals surface area (Å²) >= 11 is 0. The van der Waals surface area contributed by atoms with E-state index in [4.69, 9.17) is 10.5 Å². The van der Waals surface area contributed by atoms with Crippen LogP contribution in [0.4, 0.5) is 10.5 Å². The molecular formula is C18H21N3O3. The topological polar surface area (TPSA) is 93.4 Å². The zero-order chi connectivity index (χ0) is 17.5. The van der Waals surface area contributed by atoms with Crippen molar-refractivity contribution in [3.8, 4) is 5.75 Å². The monoisotopic (exact) mass is 327 g/mol. The highest BCUT2D eigenvalue weighted by Gasteiger charge is 2.06. The maximum absolute atomic E-state index is 12.0. The van der Waals surface area contributed by atoms with Crippen LogP contribution in [0, 0.1) is 6.92 Å². The van der Waals surface area contributed by atoms with Gasteiger partial charge in [-0.3, -0.25) is 4.79 Å². The number of nitrogens with one attached hydrogen (secondary N) is 2. The quantitative estimate of drug-likeness (QED) is 0.761. The lowest BCUT2D eigenvalue weighted by Crippen LogP contribution is -2.28. The van der Waals surface area contributed by atoms with Crippen LogP contribution in [0.2, 0.25) is 0 Å². The van der Waals surface area contributed by atoms with Gasteiger partial charge in [-0.25, -0.2) is 4.79 Å². The number of urea groups is 1. The van der Waals surface area contributed by atoms with E-state index in [1.54, 1.807) is 24.3 Å². The van der Waals surface area contributed by atoms with Gasteiger partial charge in [-0.1, -0.05) is 18.2 Å². The number of carbonyl (C=O) groups excluding carboxylic acids is 2. The van der Waals surface area contributed by atoms with Gasteiger partial charge in [-0.2, -0.15) is 0 Å². The van der Waals surface area contributed by atoms with Crippen molar-refractivity contribution in [2.45, 2.75) is 20.4 Å². The number of anilines is 1. The second-order valence-electron chi connectivity index (χ2n) is 5.29. The molecule has 6 nitrogen and oxygen atoms in total. The Bertz CT molecular complexity index is 744.